The highest BCUT2D eigenvalue weighted by Crippen LogP contribution is 2.29. The summed E-state index contributed by atoms with van der Waals surface area (Å²) < 4.78 is 0. The zero-order chi connectivity index (χ0) is 14.5. The molecule has 0 saturated heterocycles. The van der Waals surface area contributed by atoms with E-state index in [4.69, 9.17) is 5.73 Å². The Morgan fingerprint density at radius 2 is 1.55 bits per heavy atom. The lowest BCUT2D eigenvalue weighted by atomic mass is 10.1. The molecule has 0 heterocycles. The molecule has 0 radical (unpaired) electrons. The van der Waals surface area contributed by atoms with Crippen molar-refractivity contribution in [2.45, 2.75) is 29.7 Å². The topological polar surface area (TPSA) is 55.1 Å². The van der Waals surface area contributed by atoms with E-state index in [1.165, 1.54) is 11.8 Å². The summed E-state index contributed by atoms with van der Waals surface area (Å²) in [5, 5.41) is 2.75. The fourth-order valence-corrected chi connectivity index (χ4v) is 2.60. The van der Waals surface area contributed by atoms with E-state index in [2.05, 4.69) is 29.6 Å². The van der Waals surface area contributed by atoms with Crippen LogP contribution in [0.15, 0.2) is 58.3 Å². The monoisotopic (exact) mass is 286 g/mol. The van der Waals surface area contributed by atoms with Crippen molar-refractivity contribution < 1.29 is 4.79 Å². The van der Waals surface area contributed by atoms with Gasteiger partial charge in [0.05, 0.1) is 0 Å². The number of rotatable bonds is 4. The molecular weight excluding hydrogens is 268 g/mol. The second-order valence-corrected chi connectivity index (χ2v) is 5.81. The first-order valence-corrected chi connectivity index (χ1v) is 7.27. The minimum atomic E-state index is -0.0584. The summed E-state index contributed by atoms with van der Waals surface area (Å²) in [6, 6.07) is 16.1. The molecule has 0 aliphatic heterocycles. The highest BCUT2D eigenvalue weighted by molar-refractivity contribution is 7.99. The number of carbonyl (C=O) groups is 1. The van der Waals surface area contributed by atoms with Gasteiger partial charge in [-0.05, 0) is 48.9 Å². The van der Waals surface area contributed by atoms with Crippen LogP contribution in [0.2, 0.25) is 0 Å². The minimum absolute atomic E-state index is 0.0584. The Labute approximate surface area is 123 Å². The second-order valence-electron chi connectivity index (χ2n) is 4.67. The molecule has 0 unspecified atom stereocenters. The van der Waals surface area contributed by atoms with E-state index in [-0.39, 0.29) is 11.9 Å². The Kier molecular flexibility index (Phi) is 4.82. The second kappa shape index (κ2) is 6.59. The zero-order valence-corrected chi connectivity index (χ0v) is 12.4. The van der Waals surface area contributed by atoms with Crippen LogP contribution in [0.3, 0.4) is 0 Å². The summed E-state index contributed by atoms with van der Waals surface area (Å²) in [6.07, 6.45) is 0. The van der Waals surface area contributed by atoms with Gasteiger partial charge in [0.15, 0.2) is 0 Å². The smallest absolute Gasteiger partial charge is 0.221 e. The van der Waals surface area contributed by atoms with Crippen molar-refractivity contribution in [3.05, 3.63) is 54.1 Å². The van der Waals surface area contributed by atoms with Crippen LogP contribution in [-0.2, 0) is 4.79 Å². The molecule has 0 saturated carbocycles. The third-order valence-electron chi connectivity index (χ3n) is 2.82. The van der Waals surface area contributed by atoms with Gasteiger partial charge in [0.1, 0.15) is 0 Å². The van der Waals surface area contributed by atoms with E-state index >= 15 is 0 Å². The van der Waals surface area contributed by atoms with Crippen LogP contribution in [0.5, 0.6) is 0 Å². The Balaban J connectivity index is 2.04. The highest BCUT2D eigenvalue weighted by atomic mass is 32.2. The van der Waals surface area contributed by atoms with Crippen molar-refractivity contribution >= 4 is 23.4 Å². The van der Waals surface area contributed by atoms with Gasteiger partial charge in [0.2, 0.25) is 5.91 Å². The van der Waals surface area contributed by atoms with Gasteiger partial charge in [0.25, 0.3) is 0 Å². The summed E-state index contributed by atoms with van der Waals surface area (Å²) in [7, 11) is 0. The average Bonchev–Trinajstić information content (AvgIpc) is 2.41. The average molecular weight is 286 g/mol. The SMILES string of the molecule is CC(=O)Nc1ccc(Sc2ccc([C@@H](C)N)cc2)cc1. The molecule has 2 aromatic rings. The molecular formula is C16H18N2OS. The van der Waals surface area contributed by atoms with Gasteiger partial charge in [-0.1, -0.05) is 23.9 Å². The molecule has 3 nitrogen and oxygen atoms in total. The molecule has 4 heteroatoms. The number of amides is 1. The van der Waals surface area contributed by atoms with Gasteiger partial charge in [0, 0.05) is 28.4 Å². The van der Waals surface area contributed by atoms with Gasteiger partial charge in [-0.2, -0.15) is 0 Å². The quantitative estimate of drug-likeness (QED) is 0.898. The fourth-order valence-electron chi connectivity index (χ4n) is 1.79. The Morgan fingerprint density at radius 3 is 2.00 bits per heavy atom. The Hall–Kier alpha value is -1.78. The van der Waals surface area contributed by atoms with Crippen LogP contribution in [-0.4, -0.2) is 5.91 Å². The van der Waals surface area contributed by atoms with Gasteiger partial charge in [-0.3, -0.25) is 4.79 Å². The molecule has 1 atom stereocenters. The van der Waals surface area contributed by atoms with Crippen LogP contribution in [0.1, 0.15) is 25.5 Å². The van der Waals surface area contributed by atoms with Crippen molar-refractivity contribution in [3.63, 3.8) is 0 Å². The van der Waals surface area contributed by atoms with Crippen molar-refractivity contribution in [1.82, 2.24) is 0 Å². The molecule has 0 bridgehead atoms. The first-order chi connectivity index (χ1) is 9.54. The van der Waals surface area contributed by atoms with Crippen molar-refractivity contribution in [2.24, 2.45) is 5.73 Å². The normalized spacial score (nSPS) is 11.9. The third kappa shape index (κ3) is 4.11. The first kappa shape index (κ1) is 14.6. The number of nitrogens with one attached hydrogen (secondary N) is 1. The number of nitrogens with two attached hydrogens (primary N) is 1. The summed E-state index contributed by atoms with van der Waals surface area (Å²) in [5.74, 6) is -0.0584. The lowest BCUT2D eigenvalue weighted by molar-refractivity contribution is -0.114. The molecule has 0 aliphatic rings. The highest BCUT2D eigenvalue weighted by Gasteiger charge is 2.01. The molecule has 104 valence electrons. The van der Waals surface area contributed by atoms with Crippen LogP contribution in [0.25, 0.3) is 0 Å². The van der Waals surface area contributed by atoms with Crippen LogP contribution < -0.4 is 11.1 Å². The molecule has 2 rings (SSSR count). The van der Waals surface area contributed by atoms with Gasteiger partial charge in [-0.25, -0.2) is 0 Å². The summed E-state index contributed by atoms with van der Waals surface area (Å²) in [6.45, 7) is 3.48. The first-order valence-electron chi connectivity index (χ1n) is 6.45. The maximum atomic E-state index is 10.9. The van der Waals surface area contributed by atoms with Crippen LogP contribution in [0.4, 0.5) is 5.69 Å². The molecule has 20 heavy (non-hydrogen) atoms. The zero-order valence-electron chi connectivity index (χ0n) is 11.6. The Morgan fingerprint density at radius 1 is 1.05 bits per heavy atom. The summed E-state index contributed by atoms with van der Waals surface area (Å²) >= 11 is 1.68. The van der Waals surface area contributed by atoms with Crippen molar-refractivity contribution in [2.75, 3.05) is 5.32 Å². The predicted molar refractivity (Wildman–Crippen MR) is 83.9 cm³/mol. The lowest BCUT2D eigenvalue weighted by Gasteiger charge is -2.07. The number of hydrogen-bond acceptors (Lipinski definition) is 3. The molecule has 0 aromatic heterocycles. The number of hydrogen-bond donors (Lipinski definition) is 2. The number of carbonyl (C=O) groups excluding carboxylic acids is 1. The molecule has 1 amide bonds. The maximum absolute atomic E-state index is 10.9. The van der Waals surface area contributed by atoms with Gasteiger partial charge in [-0.15, -0.1) is 0 Å². The van der Waals surface area contributed by atoms with Crippen molar-refractivity contribution in [1.29, 1.82) is 0 Å². The van der Waals surface area contributed by atoms with E-state index in [1.807, 2.05) is 31.2 Å². The molecule has 2 aromatic carbocycles. The molecule has 0 aliphatic carbocycles. The minimum Gasteiger partial charge on any atom is -0.326 e. The third-order valence-corrected chi connectivity index (χ3v) is 3.83. The van der Waals surface area contributed by atoms with E-state index in [9.17, 15) is 4.79 Å². The molecule has 0 fully saturated rings. The van der Waals surface area contributed by atoms with E-state index in [0.717, 1.165) is 16.1 Å². The summed E-state index contributed by atoms with van der Waals surface area (Å²) in [4.78, 5) is 13.2. The fraction of sp³-hybridized carbons (Fsp3) is 0.188. The largest absolute Gasteiger partial charge is 0.326 e. The van der Waals surface area contributed by atoms with Crippen LogP contribution in [0, 0.1) is 0 Å². The summed E-state index contributed by atoms with van der Waals surface area (Å²) in [5.41, 5.74) is 7.78. The molecule has 0 spiro atoms. The van der Waals surface area contributed by atoms with Crippen molar-refractivity contribution in [3.8, 4) is 0 Å². The molecule has 3 N–H and O–H groups in total. The van der Waals surface area contributed by atoms with Gasteiger partial charge < -0.3 is 11.1 Å². The lowest BCUT2D eigenvalue weighted by Crippen LogP contribution is -2.05. The van der Waals surface area contributed by atoms with E-state index in [1.54, 1.807) is 11.8 Å². The van der Waals surface area contributed by atoms with Crippen LogP contribution >= 0.6 is 11.8 Å². The number of benzene rings is 2. The van der Waals surface area contributed by atoms with Gasteiger partial charge >= 0.3 is 0 Å². The van der Waals surface area contributed by atoms with E-state index in [0.29, 0.717) is 0 Å². The maximum Gasteiger partial charge on any atom is 0.221 e. The predicted octanol–water partition coefficient (Wildman–Crippen LogP) is 3.82. The Bertz CT molecular complexity index is 576. The van der Waals surface area contributed by atoms with E-state index < -0.39 is 0 Å². The number of anilines is 1. The standard InChI is InChI=1S/C16H18N2OS/c1-11(17)13-3-7-15(8-4-13)20-16-9-5-14(6-10-16)18-12(2)19/h3-11H,17H2,1-2H3,(H,18,19)/t11-/m1/s1.